The molecule has 0 aliphatic carbocycles. The number of anilines is 1. The maximum atomic E-state index is 6.97. The Kier molecular flexibility index (Phi) is 5.27. The molecule has 0 atom stereocenters. The van der Waals surface area contributed by atoms with Crippen LogP contribution in [0.4, 0.5) is 5.82 Å². The molecule has 140 valence electrons. The summed E-state index contributed by atoms with van der Waals surface area (Å²) in [5, 5.41) is 16.3. The van der Waals surface area contributed by atoms with Gasteiger partial charge in [0.05, 0.1) is 5.52 Å². The highest BCUT2D eigenvalue weighted by molar-refractivity contribution is 6.11. The van der Waals surface area contributed by atoms with E-state index in [-0.39, 0.29) is 5.54 Å². The van der Waals surface area contributed by atoms with Crippen LogP contribution in [0.1, 0.15) is 25.8 Å². The second kappa shape index (κ2) is 7.63. The Balaban J connectivity index is 2.10. The van der Waals surface area contributed by atoms with Gasteiger partial charge < -0.3 is 16.4 Å². The highest BCUT2D eigenvalue weighted by atomic mass is 15.3. The summed E-state index contributed by atoms with van der Waals surface area (Å²) in [6.45, 7) is 4.74. The minimum absolute atomic E-state index is 0.244. The van der Waals surface area contributed by atoms with Gasteiger partial charge in [0.15, 0.2) is 5.84 Å². The number of hydrogen-bond acceptors (Lipinski definition) is 6. The molecule has 0 fully saturated rings. The number of rotatable bonds is 6. The summed E-state index contributed by atoms with van der Waals surface area (Å²) in [6.07, 6.45) is 4.44. The molecule has 0 spiro atoms. The zero-order chi connectivity index (χ0) is 19.4. The third-order valence-electron chi connectivity index (χ3n) is 4.32. The number of aromatic nitrogens is 2. The van der Waals surface area contributed by atoms with Crippen LogP contribution < -0.4 is 16.4 Å². The second-order valence-electron chi connectivity index (χ2n) is 7.08. The van der Waals surface area contributed by atoms with E-state index >= 15 is 0 Å². The monoisotopic (exact) mass is 364 g/mol. The first-order chi connectivity index (χ1) is 12.9. The molecule has 5 N–H and O–H groups in total. The van der Waals surface area contributed by atoms with Crippen molar-refractivity contribution in [3.8, 4) is 0 Å². The zero-order valence-corrected chi connectivity index (χ0v) is 15.7. The van der Waals surface area contributed by atoms with Crippen molar-refractivity contribution in [3.05, 3.63) is 42.2 Å². The van der Waals surface area contributed by atoms with Crippen molar-refractivity contribution in [2.45, 2.75) is 25.8 Å². The van der Waals surface area contributed by atoms with Crippen molar-refractivity contribution in [1.82, 2.24) is 15.3 Å². The van der Waals surface area contributed by atoms with Gasteiger partial charge in [-0.15, -0.1) is 5.10 Å². The van der Waals surface area contributed by atoms with E-state index in [1.165, 1.54) is 0 Å². The zero-order valence-electron chi connectivity index (χ0n) is 15.7. The predicted octanol–water partition coefficient (Wildman–Crippen LogP) is 3.23. The number of amidine groups is 1. The van der Waals surface area contributed by atoms with Gasteiger partial charge in [0.25, 0.3) is 0 Å². The van der Waals surface area contributed by atoms with Crippen molar-refractivity contribution in [1.29, 1.82) is 5.53 Å². The predicted molar refractivity (Wildman–Crippen MR) is 109 cm³/mol. The topological polar surface area (TPSA) is 124 Å². The summed E-state index contributed by atoms with van der Waals surface area (Å²) < 4.78 is 0. The summed E-state index contributed by atoms with van der Waals surface area (Å²) >= 11 is 0. The van der Waals surface area contributed by atoms with Crippen molar-refractivity contribution >= 4 is 33.3 Å². The lowest BCUT2D eigenvalue weighted by molar-refractivity contribution is 0.490. The van der Waals surface area contributed by atoms with Crippen LogP contribution in [-0.2, 0) is 0 Å². The van der Waals surface area contributed by atoms with Crippen LogP contribution in [0, 0.1) is 5.53 Å². The van der Waals surface area contributed by atoms with Gasteiger partial charge in [0, 0.05) is 53.2 Å². The molecule has 0 aliphatic rings. The Morgan fingerprint density at radius 1 is 1.22 bits per heavy atom. The summed E-state index contributed by atoms with van der Waals surface area (Å²) in [7, 11) is 1.74. The molecule has 2 aromatic heterocycles. The van der Waals surface area contributed by atoms with Crippen LogP contribution in [0.2, 0.25) is 0 Å². The van der Waals surface area contributed by atoms with Crippen molar-refractivity contribution in [2.75, 3.05) is 18.9 Å². The minimum Gasteiger partial charge on any atom is -0.371 e. The third-order valence-corrected chi connectivity index (χ3v) is 4.32. The molecule has 0 saturated heterocycles. The van der Waals surface area contributed by atoms with Crippen LogP contribution in [0.25, 0.3) is 21.7 Å². The largest absolute Gasteiger partial charge is 0.371 e. The summed E-state index contributed by atoms with van der Waals surface area (Å²) in [4.78, 5) is 9.10. The Hall–Kier alpha value is -3.13. The normalized spacial score (nSPS) is 12.4. The lowest BCUT2D eigenvalue weighted by Crippen LogP contribution is -2.34. The number of nitrogens with one attached hydrogen (secondary N) is 3. The Morgan fingerprint density at radius 2 is 2.04 bits per heavy atom. The molecule has 8 nitrogen and oxygen atoms in total. The Bertz CT molecular complexity index is 1000. The molecule has 3 rings (SSSR count). The molecule has 2 heterocycles. The quantitative estimate of drug-likeness (QED) is 0.176. The molecule has 27 heavy (non-hydrogen) atoms. The van der Waals surface area contributed by atoms with E-state index in [9.17, 15) is 0 Å². The Labute approximate surface area is 157 Å². The van der Waals surface area contributed by atoms with Crippen molar-refractivity contribution in [3.63, 3.8) is 0 Å². The lowest BCUT2D eigenvalue weighted by Gasteiger charge is -2.19. The van der Waals surface area contributed by atoms with E-state index in [0.717, 1.165) is 46.0 Å². The first kappa shape index (κ1) is 18.7. The summed E-state index contributed by atoms with van der Waals surface area (Å²) in [6, 6.07) is 7.82. The smallest absolute Gasteiger partial charge is 0.157 e. The molecule has 1 aromatic carbocycles. The number of fused-ring (bicyclic) bond motifs is 3. The number of nitrogens with two attached hydrogens (primary N) is 1. The molecule has 0 amide bonds. The molecule has 0 saturated carbocycles. The van der Waals surface area contributed by atoms with Crippen LogP contribution in [0.15, 0.2) is 47.0 Å². The standard InChI is InChI=1S/C19H24N8/c1-19(2,20)7-9-24-18-14-6-8-23-11-15(14)13-5-4-12(10-16(13)25-18)17(22-3)26-27-21/h4-6,8,10-11H,7,9,20H2,1-3H3,(H,24,25)(H2,21,22,26). The van der Waals surface area contributed by atoms with Gasteiger partial charge in [-0.2, -0.15) is 5.53 Å². The van der Waals surface area contributed by atoms with Gasteiger partial charge in [-0.25, -0.2) is 4.98 Å². The van der Waals surface area contributed by atoms with Gasteiger partial charge in [-0.05, 0) is 32.4 Å². The van der Waals surface area contributed by atoms with Crippen LogP contribution in [0.3, 0.4) is 0 Å². The average molecular weight is 364 g/mol. The van der Waals surface area contributed by atoms with Gasteiger partial charge in [0.2, 0.25) is 0 Å². The molecular weight excluding hydrogens is 340 g/mol. The van der Waals surface area contributed by atoms with Gasteiger partial charge >= 0.3 is 0 Å². The van der Waals surface area contributed by atoms with Crippen LogP contribution in [0.5, 0.6) is 0 Å². The number of nitrogens with zero attached hydrogens (tertiary/aromatic N) is 4. The number of hydrogen-bond donors (Lipinski definition) is 4. The molecule has 8 heteroatoms. The lowest BCUT2D eigenvalue weighted by atomic mass is 10.0. The minimum atomic E-state index is -0.244. The van der Waals surface area contributed by atoms with Gasteiger partial charge in [-0.3, -0.25) is 4.98 Å². The molecule has 0 unspecified atom stereocenters. The van der Waals surface area contributed by atoms with E-state index in [0.29, 0.717) is 5.84 Å². The summed E-state index contributed by atoms with van der Waals surface area (Å²) in [5.74, 6) is 1.31. The number of benzene rings is 1. The van der Waals surface area contributed by atoms with E-state index in [2.05, 4.69) is 25.9 Å². The average Bonchev–Trinajstić information content (AvgIpc) is 2.64. The van der Waals surface area contributed by atoms with E-state index < -0.39 is 0 Å². The number of pyridine rings is 2. The SMILES string of the molecule is CN/C(=N\N=N)c1ccc2c(c1)nc(NCCC(C)(C)N)c1ccncc12. The van der Waals surface area contributed by atoms with E-state index in [1.807, 2.05) is 44.3 Å². The fourth-order valence-corrected chi connectivity index (χ4v) is 2.94. The fourth-order valence-electron chi connectivity index (χ4n) is 2.94. The molecule has 0 aliphatic heterocycles. The second-order valence-corrected chi connectivity index (χ2v) is 7.08. The maximum absolute atomic E-state index is 6.97. The van der Waals surface area contributed by atoms with Crippen molar-refractivity contribution < 1.29 is 0 Å². The van der Waals surface area contributed by atoms with Crippen LogP contribution in [-0.4, -0.2) is 34.9 Å². The third kappa shape index (κ3) is 4.17. The molecule has 0 bridgehead atoms. The van der Waals surface area contributed by atoms with E-state index in [1.54, 1.807) is 13.2 Å². The first-order valence-corrected chi connectivity index (χ1v) is 8.76. The van der Waals surface area contributed by atoms with Gasteiger partial charge in [0.1, 0.15) is 5.82 Å². The van der Waals surface area contributed by atoms with Crippen LogP contribution >= 0.6 is 0 Å². The van der Waals surface area contributed by atoms with E-state index in [4.69, 9.17) is 16.2 Å². The highest BCUT2D eigenvalue weighted by Crippen LogP contribution is 2.29. The molecule has 3 aromatic rings. The Morgan fingerprint density at radius 3 is 2.74 bits per heavy atom. The summed E-state index contributed by atoms with van der Waals surface area (Å²) in [5.41, 5.74) is 14.4. The fraction of sp³-hybridized carbons (Fsp3) is 0.316. The molecule has 0 radical (unpaired) electrons. The highest BCUT2D eigenvalue weighted by Gasteiger charge is 2.13. The maximum Gasteiger partial charge on any atom is 0.157 e. The molecular formula is C19H24N8. The first-order valence-electron chi connectivity index (χ1n) is 8.76. The van der Waals surface area contributed by atoms with Gasteiger partial charge in [-0.1, -0.05) is 17.4 Å². The van der Waals surface area contributed by atoms with Crippen molar-refractivity contribution in [2.24, 2.45) is 16.1 Å².